The molecule has 1 aliphatic heterocycles. The summed E-state index contributed by atoms with van der Waals surface area (Å²) in [5.41, 5.74) is 1.10. The summed E-state index contributed by atoms with van der Waals surface area (Å²) in [6.45, 7) is 9.92. The fourth-order valence-electron chi connectivity index (χ4n) is 2.69. The molecule has 1 heterocycles. The first-order chi connectivity index (χ1) is 10.4. The largest absolute Gasteiger partial charge is 0.508 e. The second kappa shape index (κ2) is 6.90. The molecule has 0 amide bonds. The van der Waals surface area contributed by atoms with Gasteiger partial charge in [-0.1, -0.05) is 13.8 Å². The number of hydrogen-bond acceptors (Lipinski definition) is 3. The molecule has 0 bridgehead atoms. The number of aliphatic imine (C=N–C) groups is 1. The van der Waals surface area contributed by atoms with Crippen molar-refractivity contribution in [2.45, 2.75) is 33.7 Å². The van der Waals surface area contributed by atoms with Gasteiger partial charge in [0.2, 0.25) is 0 Å². The van der Waals surface area contributed by atoms with Gasteiger partial charge in [-0.25, -0.2) is 4.99 Å². The molecular weight excluding hydrogens is 278 g/mol. The molecule has 0 aromatic heterocycles. The van der Waals surface area contributed by atoms with Crippen LogP contribution in [0.1, 0.15) is 32.8 Å². The van der Waals surface area contributed by atoms with E-state index >= 15 is 0 Å². The van der Waals surface area contributed by atoms with E-state index in [1.807, 2.05) is 6.07 Å². The molecule has 0 radical (unpaired) electrons. The van der Waals surface area contributed by atoms with Crippen LogP contribution in [0.3, 0.4) is 0 Å². The lowest BCUT2D eigenvalue weighted by atomic mass is 9.93. The van der Waals surface area contributed by atoms with Crippen LogP contribution in [0.2, 0.25) is 0 Å². The quantitative estimate of drug-likeness (QED) is 0.663. The molecule has 1 fully saturated rings. The first kappa shape index (κ1) is 16.5. The Kier molecular flexibility index (Phi) is 5.16. The Bertz CT molecular complexity index is 541. The number of guanidine groups is 1. The van der Waals surface area contributed by atoms with Crippen LogP contribution in [-0.4, -0.2) is 42.7 Å². The van der Waals surface area contributed by atoms with Crippen molar-refractivity contribution in [1.82, 2.24) is 10.2 Å². The van der Waals surface area contributed by atoms with E-state index in [9.17, 15) is 5.11 Å². The summed E-state index contributed by atoms with van der Waals surface area (Å²) < 4.78 is 5.21. The molecule has 122 valence electrons. The molecule has 1 aromatic rings. The fraction of sp³-hybridized carbons (Fsp3) is 0.588. The van der Waals surface area contributed by atoms with E-state index in [-0.39, 0.29) is 5.75 Å². The molecule has 0 spiro atoms. The molecule has 22 heavy (non-hydrogen) atoms. The fourth-order valence-corrected chi connectivity index (χ4v) is 2.69. The second-order valence-corrected chi connectivity index (χ2v) is 6.50. The zero-order valence-corrected chi connectivity index (χ0v) is 14.0. The molecule has 1 aliphatic rings. The van der Waals surface area contributed by atoms with Crippen LogP contribution in [0.5, 0.6) is 11.5 Å². The topological polar surface area (TPSA) is 57.1 Å². The first-order valence-electron chi connectivity index (χ1n) is 7.84. The molecular formula is C17H27N3O2. The molecule has 2 rings (SSSR count). The van der Waals surface area contributed by atoms with E-state index in [0.717, 1.165) is 36.9 Å². The first-order valence-corrected chi connectivity index (χ1v) is 7.84. The van der Waals surface area contributed by atoms with Gasteiger partial charge < -0.3 is 20.1 Å². The highest BCUT2D eigenvalue weighted by molar-refractivity contribution is 5.80. The third-order valence-corrected chi connectivity index (χ3v) is 4.00. The van der Waals surface area contributed by atoms with E-state index in [4.69, 9.17) is 4.74 Å². The monoisotopic (exact) mass is 305 g/mol. The van der Waals surface area contributed by atoms with Gasteiger partial charge in [0.05, 0.1) is 13.7 Å². The van der Waals surface area contributed by atoms with Crippen LogP contribution in [0.4, 0.5) is 0 Å². The van der Waals surface area contributed by atoms with Gasteiger partial charge in [0, 0.05) is 25.2 Å². The van der Waals surface area contributed by atoms with Crippen molar-refractivity contribution in [1.29, 1.82) is 0 Å². The van der Waals surface area contributed by atoms with Crippen molar-refractivity contribution < 1.29 is 9.84 Å². The maximum Gasteiger partial charge on any atom is 0.194 e. The van der Waals surface area contributed by atoms with Gasteiger partial charge in [0.15, 0.2) is 5.96 Å². The second-order valence-electron chi connectivity index (χ2n) is 6.50. The number of likely N-dealkylation sites (tertiary alicyclic amines) is 1. The lowest BCUT2D eigenvalue weighted by Gasteiger charge is -2.23. The molecule has 1 saturated heterocycles. The number of methoxy groups -OCH3 is 1. The van der Waals surface area contributed by atoms with E-state index in [2.05, 4.69) is 36.0 Å². The third kappa shape index (κ3) is 4.06. The number of phenolic OH excluding ortho intramolecular Hbond substituents is 1. The standard InChI is InChI=1S/C17H27N3O2/c1-5-18-16(20-9-8-17(2,3)12-20)19-11-13-10-14(22-4)6-7-15(13)21/h6-7,10,21H,5,8-9,11-12H2,1-4H3,(H,18,19). The summed E-state index contributed by atoms with van der Waals surface area (Å²) in [5.74, 6) is 1.90. The van der Waals surface area contributed by atoms with Crippen LogP contribution >= 0.6 is 0 Å². The van der Waals surface area contributed by atoms with Crippen molar-refractivity contribution in [3.63, 3.8) is 0 Å². The Balaban J connectivity index is 2.14. The van der Waals surface area contributed by atoms with Crippen molar-refractivity contribution in [2.24, 2.45) is 10.4 Å². The lowest BCUT2D eigenvalue weighted by molar-refractivity contribution is 0.370. The number of hydrogen-bond donors (Lipinski definition) is 2. The zero-order chi connectivity index (χ0) is 16.2. The van der Waals surface area contributed by atoms with Gasteiger partial charge in [-0.05, 0) is 37.0 Å². The third-order valence-electron chi connectivity index (χ3n) is 4.00. The minimum atomic E-state index is 0.252. The van der Waals surface area contributed by atoms with Gasteiger partial charge in [0.25, 0.3) is 0 Å². The van der Waals surface area contributed by atoms with E-state index in [0.29, 0.717) is 12.0 Å². The van der Waals surface area contributed by atoms with E-state index < -0.39 is 0 Å². The van der Waals surface area contributed by atoms with Crippen LogP contribution in [0, 0.1) is 5.41 Å². The minimum absolute atomic E-state index is 0.252. The number of aromatic hydroxyl groups is 1. The number of phenols is 1. The average molecular weight is 305 g/mol. The highest BCUT2D eigenvalue weighted by atomic mass is 16.5. The summed E-state index contributed by atoms with van der Waals surface area (Å²) in [6.07, 6.45) is 1.17. The predicted molar refractivity (Wildman–Crippen MR) is 89.4 cm³/mol. The Morgan fingerprint density at radius 3 is 2.82 bits per heavy atom. The van der Waals surface area contributed by atoms with E-state index in [1.54, 1.807) is 19.2 Å². The van der Waals surface area contributed by atoms with Gasteiger partial charge >= 0.3 is 0 Å². The molecule has 5 nitrogen and oxygen atoms in total. The van der Waals surface area contributed by atoms with Crippen molar-refractivity contribution >= 4 is 5.96 Å². The molecule has 0 saturated carbocycles. The normalized spacial score (nSPS) is 17.6. The Labute approximate surface area is 133 Å². The number of benzene rings is 1. The number of nitrogens with zero attached hydrogens (tertiary/aromatic N) is 2. The molecule has 1 aromatic carbocycles. The van der Waals surface area contributed by atoms with Gasteiger partial charge in [-0.3, -0.25) is 0 Å². The van der Waals surface area contributed by atoms with Crippen molar-refractivity contribution in [3.05, 3.63) is 23.8 Å². The highest BCUT2D eigenvalue weighted by Crippen LogP contribution is 2.29. The maximum absolute atomic E-state index is 9.96. The van der Waals surface area contributed by atoms with Gasteiger partial charge in [0.1, 0.15) is 11.5 Å². The molecule has 2 N–H and O–H groups in total. The zero-order valence-electron chi connectivity index (χ0n) is 14.0. The molecule has 0 aliphatic carbocycles. The van der Waals surface area contributed by atoms with Gasteiger partial charge in [-0.2, -0.15) is 0 Å². The molecule has 0 atom stereocenters. The summed E-state index contributed by atoms with van der Waals surface area (Å²) in [5, 5.41) is 13.3. The maximum atomic E-state index is 9.96. The minimum Gasteiger partial charge on any atom is -0.508 e. The SMILES string of the molecule is CCNC(=NCc1cc(OC)ccc1O)N1CCC(C)(C)C1. The van der Waals surface area contributed by atoms with Crippen molar-refractivity contribution in [3.8, 4) is 11.5 Å². The van der Waals surface area contributed by atoms with Gasteiger partial charge in [-0.15, -0.1) is 0 Å². The van der Waals surface area contributed by atoms with Crippen LogP contribution < -0.4 is 10.1 Å². The molecule has 5 heteroatoms. The Hall–Kier alpha value is -1.91. The summed E-state index contributed by atoms with van der Waals surface area (Å²) in [7, 11) is 1.62. The summed E-state index contributed by atoms with van der Waals surface area (Å²) in [6, 6.07) is 5.22. The van der Waals surface area contributed by atoms with E-state index in [1.165, 1.54) is 6.42 Å². The number of nitrogens with one attached hydrogen (secondary N) is 1. The smallest absolute Gasteiger partial charge is 0.194 e. The van der Waals surface area contributed by atoms with Crippen LogP contribution in [-0.2, 0) is 6.54 Å². The Morgan fingerprint density at radius 2 is 2.23 bits per heavy atom. The van der Waals surface area contributed by atoms with Crippen LogP contribution in [0.15, 0.2) is 23.2 Å². The Morgan fingerprint density at radius 1 is 1.45 bits per heavy atom. The summed E-state index contributed by atoms with van der Waals surface area (Å²) >= 11 is 0. The number of rotatable bonds is 4. The average Bonchev–Trinajstić information content (AvgIpc) is 2.85. The predicted octanol–water partition coefficient (Wildman–Crippen LogP) is 2.60. The van der Waals surface area contributed by atoms with Crippen molar-refractivity contribution in [2.75, 3.05) is 26.7 Å². The number of ether oxygens (including phenoxy) is 1. The van der Waals surface area contributed by atoms with Crippen LogP contribution in [0.25, 0.3) is 0 Å². The summed E-state index contributed by atoms with van der Waals surface area (Å²) in [4.78, 5) is 6.98. The lowest BCUT2D eigenvalue weighted by Crippen LogP contribution is -2.40. The highest BCUT2D eigenvalue weighted by Gasteiger charge is 2.30. The molecule has 0 unspecified atom stereocenters.